The van der Waals surface area contributed by atoms with Crippen LogP contribution in [0.3, 0.4) is 0 Å². The summed E-state index contributed by atoms with van der Waals surface area (Å²) in [6.45, 7) is 2.76. The fourth-order valence-corrected chi connectivity index (χ4v) is 5.61. The van der Waals surface area contributed by atoms with Crippen LogP contribution in [0.2, 0.25) is 10.0 Å². The summed E-state index contributed by atoms with van der Waals surface area (Å²) in [5, 5.41) is 3.94. The Hall–Kier alpha value is -3.07. The molecule has 0 unspecified atom stereocenters. The Kier molecular flexibility index (Phi) is 11.9. The van der Waals surface area contributed by atoms with Gasteiger partial charge in [-0.2, -0.15) is 0 Å². The molecule has 2 amide bonds. The van der Waals surface area contributed by atoms with Crippen molar-refractivity contribution in [2.45, 2.75) is 45.2 Å². The van der Waals surface area contributed by atoms with Gasteiger partial charge in [-0.3, -0.25) is 13.9 Å². The Bertz CT molecular complexity index is 1370. The number of carbonyl (C=O) groups is 2. The fourth-order valence-electron chi connectivity index (χ4n) is 4.34. The summed E-state index contributed by atoms with van der Waals surface area (Å²) in [4.78, 5) is 28.8. The summed E-state index contributed by atoms with van der Waals surface area (Å²) in [6, 6.07) is 22.5. The second-order valence-corrected chi connectivity index (χ2v) is 12.3. The van der Waals surface area contributed by atoms with Crippen LogP contribution in [-0.2, 0) is 32.6 Å². The minimum absolute atomic E-state index is 0.0481. The number of halogens is 2. The Morgan fingerprint density at radius 3 is 2.23 bits per heavy atom. The predicted molar refractivity (Wildman–Crippen MR) is 162 cm³/mol. The normalized spacial score (nSPS) is 12.0. The van der Waals surface area contributed by atoms with Crippen LogP contribution in [0.4, 0.5) is 5.69 Å². The molecule has 0 spiro atoms. The molecular formula is C30H35Cl2N3O4S. The molecule has 10 heteroatoms. The van der Waals surface area contributed by atoms with Crippen molar-refractivity contribution in [3.8, 4) is 0 Å². The van der Waals surface area contributed by atoms with Gasteiger partial charge in [-0.15, -0.1) is 0 Å². The number of amides is 2. The highest BCUT2D eigenvalue weighted by Crippen LogP contribution is 2.23. The Balaban J connectivity index is 1.86. The molecule has 0 bridgehead atoms. The lowest BCUT2D eigenvalue weighted by Gasteiger charge is -2.32. The number of anilines is 1. The Labute approximate surface area is 247 Å². The van der Waals surface area contributed by atoms with Crippen LogP contribution >= 0.6 is 23.2 Å². The molecule has 0 saturated carbocycles. The average molecular weight is 605 g/mol. The lowest BCUT2D eigenvalue weighted by Crippen LogP contribution is -2.50. The molecule has 0 aromatic heterocycles. The SMILES string of the molecule is CCCNC(=O)[C@H](Cc1ccccc1)N(Cc1ccc(Cl)cc1)C(=O)CCCN(c1cccc(Cl)c1)S(C)(=O)=O. The number of hydrogen-bond donors (Lipinski definition) is 1. The molecule has 0 saturated heterocycles. The first kappa shape index (κ1) is 31.5. The van der Waals surface area contributed by atoms with Gasteiger partial charge in [0.05, 0.1) is 11.9 Å². The first-order chi connectivity index (χ1) is 19.1. The first-order valence-electron chi connectivity index (χ1n) is 13.2. The summed E-state index contributed by atoms with van der Waals surface area (Å²) in [6.07, 6.45) is 2.53. The summed E-state index contributed by atoms with van der Waals surface area (Å²) >= 11 is 12.2. The van der Waals surface area contributed by atoms with Gasteiger partial charge in [-0.1, -0.05) is 78.7 Å². The molecule has 0 aliphatic heterocycles. The number of rotatable bonds is 14. The van der Waals surface area contributed by atoms with Gasteiger partial charge < -0.3 is 10.2 Å². The molecule has 1 N–H and O–H groups in total. The average Bonchev–Trinajstić information content (AvgIpc) is 2.92. The molecule has 1 atom stereocenters. The van der Waals surface area contributed by atoms with E-state index in [1.165, 1.54) is 4.31 Å². The van der Waals surface area contributed by atoms with E-state index in [0.29, 0.717) is 28.7 Å². The van der Waals surface area contributed by atoms with Gasteiger partial charge in [0.25, 0.3) is 0 Å². The lowest BCUT2D eigenvalue weighted by molar-refractivity contribution is -0.141. The summed E-state index contributed by atoms with van der Waals surface area (Å²) in [7, 11) is -3.61. The highest BCUT2D eigenvalue weighted by Gasteiger charge is 2.30. The van der Waals surface area contributed by atoms with Crippen molar-refractivity contribution in [2.75, 3.05) is 23.7 Å². The molecule has 0 radical (unpaired) electrons. The number of nitrogens with one attached hydrogen (secondary N) is 1. The smallest absolute Gasteiger partial charge is 0.243 e. The summed E-state index contributed by atoms with van der Waals surface area (Å²) in [5.74, 6) is -0.480. The molecule has 3 rings (SSSR count). The van der Waals surface area contributed by atoms with Crippen LogP contribution in [0, 0.1) is 0 Å². The minimum atomic E-state index is -3.61. The van der Waals surface area contributed by atoms with Crippen LogP contribution in [0.5, 0.6) is 0 Å². The van der Waals surface area contributed by atoms with Crippen molar-refractivity contribution < 1.29 is 18.0 Å². The number of benzene rings is 3. The molecule has 0 heterocycles. The molecule has 7 nitrogen and oxygen atoms in total. The Morgan fingerprint density at radius 1 is 0.900 bits per heavy atom. The second-order valence-electron chi connectivity index (χ2n) is 9.56. The van der Waals surface area contributed by atoms with E-state index in [9.17, 15) is 18.0 Å². The van der Waals surface area contributed by atoms with E-state index in [1.54, 1.807) is 41.3 Å². The molecule has 0 aliphatic rings. The second kappa shape index (κ2) is 15.1. The van der Waals surface area contributed by atoms with Crippen molar-refractivity contribution in [3.05, 3.63) is 100 Å². The number of sulfonamides is 1. The van der Waals surface area contributed by atoms with E-state index in [1.807, 2.05) is 49.4 Å². The standard InChI is InChI=1S/C30H35Cl2N3O4S/c1-3-18-33-30(37)28(20-23-9-5-4-6-10-23)34(22-24-14-16-25(31)17-15-24)29(36)13-8-19-35(40(2,38)39)27-12-7-11-26(32)21-27/h4-7,9-12,14-17,21,28H,3,8,13,18-20,22H2,1-2H3,(H,33,37)/t28-/m0/s1. The monoisotopic (exact) mass is 603 g/mol. The molecule has 0 fully saturated rings. The van der Waals surface area contributed by atoms with Crippen molar-refractivity contribution in [1.29, 1.82) is 0 Å². The van der Waals surface area contributed by atoms with E-state index in [0.717, 1.165) is 23.8 Å². The van der Waals surface area contributed by atoms with Crippen molar-refractivity contribution in [3.63, 3.8) is 0 Å². The van der Waals surface area contributed by atoms with Crippen LogP contribution < -0.4 is 9.62 Å². The zero-order chi connectivity index (χ0) is 29.1. The molecule has 40 heavy (non-hydrogen) atoms. The maximum Gasteiger partial charge on any atom is 0.243 e. The van der Waals surface area contributed by atoms with E-state index in [4.69, 9.17) is 23.2 Å². The number of nitrogens with zero attached hydrogens (tertiary/aromatic N) is 2. The third-order valence-electron chi connectivity index (χ3n) is 6.33. The Morgan fingerprint density at radius 2 is 1.60 bits per heavy atom. The van der Waals surface area contributed by atoms with Gasteiger partial charge in [-0.05, 0) is 54.3 Å². The van der Waals surface area contributed by atoms with Crippen molar-refractivity contribution >= 4 is 50.7 Å². The third kappa shape index (κ3) is 9.54. The highest BCUT2D eigenvalue weighted by atomic mass is 35.5. The quantitative estimate of drug-likeness (QED) is 0.256. The first-order valence-corrected chi connectivity index (χ1v) is 15.8. The summed E-state index contributed by atoms with van der Waals surface area (Å²) in [5.41, 5.74) is 2.19. The lowest BCUT2D eigenvalue weighted by atomic mass is 10.0. The molecule has 214 valence electrons. The van der Waals surface area contributed by atoms with E-state index >= 15 is 0 Å². The van der Waals surface area contributed by atoms with E-state index < -0.39 is 16.1 Å². The molecule has 3 aromatic carbocycles. The zero-order valence-corrected chi connectivity index (χ0v) is 25.1. The van der Waals surface area contributed by atoms with Gasteiger partial charge in [-0.25, -0.2) is 8.42 Å². The molecule has 0 aliphatic carbocycles. The minimum Gasteiger partial charge on any atom is -0.354 e. The van der Waals surface area contributed by atoms with Crippen LogP contribution in [0.1, 0.15) is 37.3 Å². The van der Waals surface area contributed by atoms with Gasteiger partial charge in [0.2, 0.25) is 21.8 Å². The van der Waals surface area contributed by atoms with Gasteiger partial charge in [0, 0.05) is 42.5 Å². The molecule has 3 aromatic rings. The largest absolute Gasteiger partial charge is 0.354 e. The van der Waals surface area contributed by atoms with Gasteiger partial charge in [0.15, 0.2) is 0 Å². The van der Waals surface area contributed by atoms with Crippen LogP contribution in [0.25, 0.3) is 0 Å². The van der Waals surface area contributed by atoms with Gasteiger partial charge in [0.1, 0.15) is 6.04 Å². The fraction of sp³-hybridized carbons (Fsp3) is 0.333. The summed E-state index contributed by atoms with van der Waals surface area (Å²) < 4.78 is 26.3. The van der Waals surface area contributed by atoms with Crippen molar-refractivity contribution in [2.24, 2.45) is 0 Å². The maximum atomic E-state index is 13.8. The van der Waals surface area contributed by atoms with E-state index in [2.05, 4.69) is 5.32 Å². The zero-order valence-electron chi connectivity index (χ0n) is 22.7. The van der Waals surface area contributed by atoms with Crippen LogP contribution in [0.15, 0.2) is 78.9 Å². The topological polar surface area (TPSA) is 86.8 Å². The molecular weight excluding hydrogens is 569 g/mol. The number of hydrogen-bond acceptors (Lipinski definition) is 4. The number of carbonyl (C=O) groups excluding carboxylic acids is 2. The van der Waals surface area contributed by atoms with E-state index in [-0.39, 0.29) is 37.7 Å². The van der Waals surface area contributed by atoms with Crippen LogP contribution in [-0.4, -0.2) is 50.5 Å². The predicted octanol–water partition coefficient (Wildman–Crippen LogP) is 5.71. The van der Waals surface area contributed by atoms with Gasteiger partial charge >= 0.3 is 0 Å². The highest BCUT2D eigenvalue weighted by molar-refractivity contribution is 7.92. The van der Waals surface area contributed by atoms with Crippen molar-refractivity contribution in [1.82, 2.24) is 10.2 Å². The maximum absolute atomic E-state index is 13.8. The third-order valence-corrected chi connectivity index (χ3v) is 8.02.